The molecule has 3 rings (SSSR count). The van der Waals surface area contributed by atoms with Crippen LogP contribution in [0.1, 0.15) is 45.2 Å². The van der Waals surface area contributed by atoms with Gasteiger partial charge >= 0.3 is 6.09 Å². The lowest BCUT2D eigenvalue weighted by Gasteiger charge is -2.42. The number of benzene rings is 1. The molecule has 2 aromatic rings. The Labute approximate surface area is 159 Å². The molecule has 1 aromatic heterocycles. The first-order valence-corrected chi connectivity index (χ1v) is 9.37. The van der Waals surface area contributed by atoms with E-state index in [0.29, 0.717) is 30.0 Å². The van der Waals surface area contributed by atoms with Crippen molar-refractivity contribution in [2.45, 2.75) is 52.2 Å². The van der Waals surface area contributed by atoms with Crippen molar-refractivity contribution >= 4 is 17.0 Å². The SMILES string of the molecule is Cc1c(F)cc([C@@]2(NC(=O)OC(C)(C)C)CNC[C@@H](C)C2)c2cccnc12. The molecule has 2 atom stereocenters. The van der Waals surface area contributed by atoms with Gasteiger partial charge in [-0.25, -0.2) is 9.18 Å². The third-order valence-electron chi connectivity index (χ3n) is 4.95. The molecule has 1 aliphatic heterocycles. The van der Waals surface area contributed by atoms with Gasteiger partial charge in [0.1, 0.15) is 11.4 Å². The summed E-state index contributed by atoms with van der Waals surface area (Å²) in [5.74, 6) is -0.00966. The smallest absolute Gasteiger partial charge is 0.408 e. The number of alkyl carbamates (subject to hydrolysis) is 1. The highest BCUT2D eigenvalue weighted by atomic mass is 19.1. The topological polar surface area (TPSA) is 63.2 Å². The van der Waals surface area contributed by atoms with Gasteiger partial charge in [0.25, 0.3) is 0 Å². The molecule has 6 heteroatoms. The van der Waals surface area contributed by atoms with Gasteiger partial charge in [-0.2, -0.15) is 0 Å². The van der Waals surface area contributed by atoms with Crippen molar-refractivity contribution in [3.05, 3.63) is 41.3 Å². The molecule has 146 valence electrons. The van der Waals surface area contributed by atoms with Gasteiger partial charge in [-0.3, -0.25) is 4.98 Å². The Morgan fingerprint density at radius 1 is 1.44 bits per heavy atom. The van der Waals surface area contributed by atoms with Crippen LogP contribution in [0.5, 0.6) is 0 Å². The Kier molecular flexibility index (Phi) is 5.12. The summed E-state index contributed by atoms with van der Waals surface area (Å²) in [5, 5.41) is 7.28. The number of fused-ring (bicyclic) bond motifs is 1. The van der Waals surface area contributed by atoms with Crippen LogP contribution in [0.3, 0.4) is 0 Å². The molecule has 0 bridgehead atoms. The summed E-state index contributed by atoms with van der Waals surface area (Å²) in [5.41, 5.74) is 0.491. The number of rotatable bonds is 2. The number of nitrogens with zero attached hydrogens (tertiary/aromatic N) is 1. The van der Waals surface area contributed by atoms with Gasteiger partial charge in [-0.05, 0) is 64.3 Å². The minimum absolute atomic E-state index is 0.310. The number of carbonyl (C=O) groups is 1. The standard InChI is InChI=1S/C21H28FN3O2/c1-13-10-21(12-23-11-13,25-19(26)27-20(3,4)5)16-9-17(22)14(2)18-15(16)7-6-8-24-18/h6-9,13,23H,10-12H2,1-5H3,(H,25,26)/t13-,21-/m0/s1. The van der Waals surface area contributed by atoms with Crippen LogP contribution < -0.4 is 10.6 Å². The molecule has 1 aliphatic rings. The van der Waals surface area contributed by atoms with Crippen molar-refractivity contribution in [1.82, 2.24) is 15.6 Å². The summed E-state index contributed by atoms with van der Waals surface area (Å²) in [7, 11) is 0. The number of aromatic nitrogens is 1. The molecule has 5 nitrogen and oxygen atoms in total. The maximum atomic E-state index is 14.7. The molecule has 0 saturated carbocycles. The van der Waals surface area contributed by atoms with E-state index < -0.39 is 17.2 Å². The lowest BCUT2D eigenvalue weighted by Crippen LogP contribution is -2.58. The van der Waals surface area contributed by atoms with Crippen molar-refractivity contribution in [2.24, 2.45) is 5.92 Å². The third kappa shape index (κ3) is 4.05. The van der Waals surface area contributed by atoms with Crippen molar-refractivity contribution in [3.63, 3.8) is 0 Å². The fourth-order valence-corrected chi connectivity index (χ4v) is 3.88. The number of aryl methyl sites for hydroxylation is 1. The second-order valence-electron chi connectivity index (χ2n) is 8.58. The fourth-order valence-electron chi connectivity index (χ4n) is 3.88. The monoisotopic (exact) mass is 373 g/mol. The summed E-state index contributed by atoms with van der Waals surface area (Å²) in [6.45, 7) is 10.7. The van der Waals surface area contributed by atoms with Crippen LogP contribution in [0.4, 0.5) is 9.18 Å². The second kappa shape index (κ2) is 7.08. The molecule has 0 radical (unpaired) electrons. The predicted octanol–water partition coefficient (Wildman–Crippen LogP) is 4.03. The zero-order chi connectivity index (χ0) is 19.8. The van der Waals surface area contributed by atoms with E-state index >= 15 is 0 Å². The van der Waals surface area contributed by atoms with Gasteiger partial charge in [0, 0.05) is 23.7 Å². The van der Waals surface area contributed by atoms with Crippen LogP contribution in [-0.2, 0) is 10.3 Å². The number of nitrogens with one attached hydrogen (secondary N) is 2. The van der Waals surface area contributed by atoms with Gasteiger partial charge in [0.05, 0.1) is 11.1 Å². The summed E-state index contributed by atoms with van der Waals surface area (Å²) in [6, 6.07) is 5.31. The number of hydrogen-bond donors (Lipinski definition) is 2. The predicted molar refractivity (Wildman–Crippen MR) is 104 cm³/mol. The maximum Gasteiger partial charge on any atom is 0.408 e. The first-order valence-electron chi connectivity index (χ1n) is 9.37. The molecule has 1 amide bonds. The Hall–Kier alpha value is -2.21. The highest BCUT2D eigenvalue weighted by Gasteiger charge is 2.41. The number of ether oxygens (including phenoxy) is 1. The van der Waals surface area contributed by atoms with Crippen LogP contribution in [0.25, 0.3) is 10.9 Å². The summed E-state index contributed by atoms with van der Waals surface area (Å²) in [6.07, 6.45) is 1.84. The largest absolute Gasteiger partial charge is 0.444 e. The van der Waals surface area contributed by atoms with E-state index in [-0.39, 0.29) is 5.82 Å². The van der Waals surface area contributed by atoms with Crippen LogP contribution in [-0.4, -0.2) is 29.8 Å². The number of pyridine rings is 1. The molecule has 0 unspecified atom stereocenters. The Morgan fingerprint density at radius 2 is 2.19 bits per heavy atom. The minimum Gasteiger partial charge on any atom is -0.444 e. The lowest BCUT2D eigenvalue weighted by molar-refractivity contribution is 0.0415. The van der Waals surface area contributed by atoms with E-state index in [4.69, 9.17) is 4.74 Å². The first kappa shape index (κ1) is 19.5. The second-order valence-corrected chi connectivity index (χ2v) is 8.58. The Balaban J connectivity index is 2.13. The van der Waals surface area contributed by atoms with Crippen molar-refractivity contribution in [3.8, 4) is 0 Å². The Morgan fingerprint density at radius 3 is 2.85 bits per heavy atom. The molecule has 1 fully saturated rings. The molecule has 1 saturated heterocycles. The lowest BCUT2D eigenvalue weighted by atomic mass is 9.77. The van der Waals surface area contributed by atoms with Gasteiger partial charge in [-0.1, -0.05) is 13.0 Å². The van der Waals surface area contributed by atoms with Crippen LogP contribution in [0, 0.1) is 18.7 Å². The van der Waals surface area contributed by atoms with Gasteiger partial charge in [0.2, 0.25) is 0 Å². The van der Waals surface area contributed by atoms with E-state index in [2.05, 4.69) is 22.5 Å². The number of hydrogen-bond acceptors (Lipinski definition) is 4. The number of halogens is 1. The maximum absolute atomic E-state index is 14.7. The van der Waals surface area contributed by atoms with Gasteiger partial charge in [-0.15, -0.1) is 0 Å². The highest BCUT2D eigenvalue weighted by molar-refractivity contribution is 5.87. The molecule has 2 N–H and O–H groups in total. The van der Waals surface area contributed by atoms with E-state index in [9.17, 15) is 9.18 Å². The van der Waals surface area contributed by atoms with E-state index in [1.807, 2.05) is 32.9 Å². The van der Waals surface area contributed by atoms with Crippen molar-refractivity contribution in [2.75, 3.05) is 13.1 Å². The quantitative estimate of drug-likeness (QED) is 0.834. The molecular formula is C21H28FN3O2. The number of amides is 1. The highest BCUT2D eigenvalue weighted by Crippen LogP contribution is 2.37. The van der Waals surface area contributed by atoms with E-state index in [1.165, 1.54) is 6.07 Å². The third-order valence-corrected chi connectivity index (χ3v) is 4.95. The van der Waals surface area contributed by atoms with Crippen molar-refractivity contribution in [1.29, 1.82) is 0 Å². The zero-order valence-electron chi connectivity index (χ0n) is 16.6. The van der Waals surface area contributed by atoms with Gasteiger partial charge < -0.3 is 15.4 Å². The van der Waals surface area contributed by atoms with Crippen LogP contribution in [0.15, 0.2) is 24.4 Å². The molecule has 0 aliphatic carbocycles. The average molecular weight is 373 g/mol. The molecule has 0 spiro atoms. The van der Waals surface area contributed by atoms with Crippen LogP contribution >= 0.6 is 0 Å². The summed E-state index contributed by atoms with van der Waals surface area (Å²) < 4.78 is 20.2. The normalized spacial score (nSPS) is 23.3. The molecule has 2 heterocycles. The van der Waals surface area contributed by atoms with E-state index in [0.717, 1.165) is 17.5 Å². The first-order chi connectivity index (χ1) is 12.6. The number of carbonyl (C=O) groups excluding carboxylic acids is 1. The molecular weight excluding hydrogens is 345 g/mol. The summed E-state index contributed by atoms with van der Waals surface area (Å²) in [4.78, 5) is 17.0. The van der Waals surface area contributed by atoms with Crippen molar-refractivity contribution < 1.29 is 13.9 Å². The zero-order valence-corrected chi connectivity index (χ0v) is 16.6. The minimum atomic E-state index is -0.768. The summed E-state index contributed by atoms with van der Waals surface area (Å²) >= 11 is 0. The van der Waals surface area contributed by atoms with Crippen LogP contribution in [0.2, 0.25) is 0 Å². The number of piperidine rings is 1. The van der Waals surface area contributed by atoms with Gasteiger partial charge in [0.15, 0.2) is 0 Å². The Bertz CT molecular complexity index is 862. The van der Waals surface area contributed by atoms with E-state index in [1.54, 1.807) is 13.1 Å². The average Bonchev–Trinajstić information content (AvgIpc) is 2.56. The fraction of sp³-hybridized carbons (Fsp3) is 0.524. The molecule has 27 heavy (non-hydrogen) atoms. The molecule has 1 aromatic carbocycles.